The van der Waals surface area contributed by atoms with Crippen molar-refractivity contribution in [3.63, 3.8) is 0 Å². The fourth-order valence-corrected chi connectivity index (χ4v) is 1.46. The summed E-state index contributed by atoms with van der Waals surface area (Å²) in [6.45, 7) is 0. The molecule has 0 aliphatic carbocycles. The molecule has 0 bridgehead atoms. The summed E-state index contributed by atoms with van der Waals surface area (Å²) in [4.78, 5) is 45.1. The molecule has 0 aromatic heterocycles. The van der Waals surface area contributed by atoms with Gasteiger partial charge in [0.1, 0.15) is 6.04 Å². The van der Waals surface area contributed by atoms with Crippen molar-refractivity contribution in [1.29, 1.82) is 0 Å². The van der Waals surface area contributed by atoms with Gasteiger partial charge in [-0.15, -0.1) is 0 Å². The predicted molar refractivity (Wildman–Crippen MR) is 41.7 cm³/mol. The number of rotatable bonds is 1. The third-order valence-electron chi connectivity index (χ3n) is 2.19. The van der Waals surface area contributed by atoms with Gasteiger partial charge in [-0.3, -0.25) is 29.3 Å². The molecule has 1 atom stereocenters. The number of hydrogen-bond acceptors (Lipinski definition) is 5. The smallest absolute Gasteiger partial charge is 0.277 e. The van der Waals surface area contributed by atoms with Gasteiger partial charge in [-0.05, 0) is 0 Å². The van der Waals surface area contributed by atoms with E-state index in [0.717, 1.165) is 6.08 Å². The first kappa shape index (κ1) is 9.53. The number of carbonyl (C=O) groups excluding carboxylic acids is 4. The SMILES string of the molecule is O=C1CC(N2C(=O)[C]=CC2=O)C(=O)N1O. The van der Waals surface area contributed by atoms with Crippen molar-refractivity contribution in [3.8, 4) is 0 Å². The fourth-order valence-electron chi connectivity index (χ4n) is 1.46. The van der Waals surface area contributed by atoms with Crippen molar-refractivity contribution in [3.05, 3.63) is 12.2 Å². The minimum absolute atomic E-state index is 0.0798. The number of amides is 4. The van der Waals surface area contributed by atoms with E-state index < -0.39 is 29.7 Å². The van der Waals surface area contributed by atoms with Gasteiger partial charge < -0.3 is 0 Å². The highest BCUT2D eigenvalue weighted by Crippen LogP contribution is 2.20. The predicted octanol–water partition coefficient (Wildman–Crippen LogP) is -1.77. The van der Waals surface area contributed by atoms with Crippen LogP contribution in [-0.2, 0) is 19.2 Å². The summed E-state index contributed by atoms with van der Waals surface area (Å²) < 4.78 is 0. The second-order valence-corrected chi connectivity index (χ2v) is 3.07. The zero-order valence-corrected chi connectivity index (χ0v) is 7.34. The van der Waals surface area contributed by atoms with Gasteiger partial charge in [0.15, 0.2) is 0 Å². The van der Waals surface area contributed by atoms with E-state index >= 15 is 0 Å². The van der Waals surface area contributed by atoms with Crippen LogP contribution in [0.2, 0.25) is 0 Å². The minimum atomic E-state index is -1.24. The largest absolute Gasteiger partial charge is 0.278 e. The second-order valence-electron chi connectivity index (χ2n) is 3.07. The normalized spacial score (nSPS) is 26.1. The quantitative estimate of drug-likeness (QED) is 0.407. The lowest BCUT2D eigenvalue weighted by atomic mass is 10.2. The monoisotopic (exact) mass is 209 g/mol. The number of imide groups is 2. The van der Waals surface area contributed by atoms with Gasteiger partial charge in [-0.1, -0.05) is 0 Å². The molecule has 1 radical (unpaired) electrons. The summed E-state index contributed by atoms with van der Waals surface area (Å²) >= 11 is 0. The first-order valence-electron chi connectivity index (χ1n) is 4.05. The fraction of sp³-hybridized carbons (Fsp3) is 0.250. The summed E-state index contributed by atoms with van der Waals surface area (Å²) in [6.07, 6.45) is 2.60. The van der Waals surface area contributed by atoms with Crippen LogP contribution in [0.3, 0.4) is 0 Å². The van der Waals surface area contributed by atoms with Crippen molar-refractivity contribution >= 4 is 23.6 Å². The minimum Gasteiger partial charge on any atom is -0.278 e. The lowest BCUT2D eigenvalue weighted by molar-refractivity contribution is -0.173. The summed E-state index contributed by atoms with van der Waals surface area (Å²) in [5.74, 6) is -3.29. The third kappa shape index (κ3) is 1.24. The molecule has 1 fully saturated rings. The average Bonchev–Trinajstić information content (AvgIpc) is 2.63. The average molecular weight is 209 g/mol. The number of hydroxylamine groups is 2. The van der Waals surface area contributed by atoms with Crippen LogP contribution in [0.1, 0.15) is 6.42 Å². The summed E-state index contributed by atoms with van der Waals surface area (Å²) in [5, 5.41) is 8.84. The second kappa shape index (κ2) is 2.99. The van der Waals surface area contributed by atoms with Gasteiger partial charge in [-0.25, -0.2) is 0 Å². The van der Waals surface area contributed by atoms with E-state index in [4.69, 9.17) is 5.21 Å². The van der Waals surface area contributed by atoms with Crippen LogP contribution >= 0.6 is 0 Å². The molecule has 2 aliphatic heterocycles. The van der Waals surface area contributed by atoms with E-state index in [0.29, 0.717) is 4.90 Å². The maximum atomic E-state index is 11.3. The highest BCUT2D eigenvalue weighted by atomic mass is 16.5. The highest BCUT2D eigenvalue weighted by molar-refractivity contribution is 6.15. The summed E-state index contributed by atoms with van der Waals surface area (Å²) in [6, 6.07) is -1.24. The molecule has 0 spiro atoms. The van der Waals surface area contributed by atoms with Crippen molar-refractivity contribution in [2.24, 2.45) is 0 Å². The van der Waals surface area contributed by atoms with Crippen LogP contribution in [0.25, 0.3) is 0 Å². The maximum Gasteiger partial charge on any atom is 0.277 e. The van der Waals surface area contributed by atoms with Crippen molar-refractivity contribution in [2.45, 2.75) is 12.5 Å². The Balaban J connectivity index is 2.27. The van der Waals surface area contributed by atoms with Gasteiger partial charge in [0, 0.05) is 6.08 Å². The number of carbonyl (C=O) groups is 4. The molecule has 4 amide bonds. The van der Waals surface area contributed by atoms with E-state index in [-0.39, 0.29) is 11.5 Å². The van der Waals surface area contributed by atoms with Crippen LogP contribution in [0.4, 0.5) is 0 Å². The number of hydrogen-bond donors (Lipinski definition) is 1. The molecule has 1 N–H and O–H groups in total. The Morgan fingerprint density at radius 3 is 2.40 bits per heavy atom. The number of nitrogens with zero attached hydrogens (tertiary/aromatic N) is 2. The van der Waals surface area contributed by atoms with Crippen LogP contribution < -0.4 is 0 Å². The molecule has 2 heterocycles. The molecular weight excluding hydrogens is 204 g/mol. The molecule has 2 rings (SSSR count). The van der Waals surface area contributed by atoms with E-state index in [1.165, 1.54) is 0 Å². The first-order valence-corrected chi connectivity index (χ1v) is 4.05. The van der Waals surface area contributed by atoms with Gasteiger partial charge >= 0.3 is 0 Å². The molecular formula is C8H5N2O5. The van der Waals surface area contributed by atoms with Crippen LogP contribution in [-0.4, -0.2) is 44.8 Å². The Morgan fingerprint density at radius 2 is 2.00 bits per heavy atom. The molecule has 0 aromatic carbocycles. The molecule has 1 unspecified atom stereocenters. The van der Waals surface area contributed by atoms with Crippen LogP contribution in [0, 0.1) is 6.08 Å². The third-order valence-corrected chi connectivity index (χ3v) is 2.19. The Hall–Kier alpha value is -2.02. The van der Waals surface area contributed by atoms with E-state index in [1.54, 1.807) is 0 Å². The Bertz CT molecular complexity index is 395. The molecule has 77 valence electrons. The van der Waals surface area contributed by atoms with Crippen molar-refractivity contribution < 1.29 is 24.4 Å². The molecule has 0 saturated carbocycles. The standard InChI is InChI=1S/C8H5N2O5/c11-5-1-2-6(12)9(5)4-3-7(13)10(15)8(4)14/h1,4,15H,3H2. The van der Waals surface area contributed by atoms with Gasteiger partial charge in [0.05, 0.1) is 12.5 Å². The van der Waals surface area contributed by atoms with E-state index in [1.807, 2.05) is 0 Å². The zero-order chi connectivity index (χ0) is 11.2. The lowest BCUT2D eigenvalue weighted by Gasteiger charge is -2.18. The van der Waals surface area contributed by atoms with Gasteiger partial charge in [-0.2, -0.15) is 5.06 Å². The topological polar surface area (TPSA) is 95.0 Å². The summed E-state index contributed by atoms with van der Waals surface area (Å²) in [5.41, 5.74) is 0. The molecule has 1 saturated heterocycles. The van der Waals surface area contributed by atoms with Crippen LogP contribution in [0.15, 0.2) is 6.08 Å². The maximum absolute atomic E-state index is 11.3. The van der Waals surface area contributed by atoms with Gasteiger partial charge in [0.25, 0.3) is 23.6 Å². The molecule has 7 nitrogen and oxygen atoms in total. The van der Waals surface area contributed by atoms with E-state index in [2.05, 4.69) is 6.08 Å². The van der Waals surface area contributed by atoms with Gasteiger partial charge in [0.2, 0.25) is 0 Å². The highest BCUT2D eigenvalue weighted by Gasteiger charge is 2.46. The van der Waals surface area contributed by atoms with Crippen molar-refractivity contribution in [1.82, 2.24) is 9.96 Å². The van der Waals surface area contributed by atoms with E-state index in [9.17, 15) is 19.2 Å². The summed E-state index contributed by atoms with van der Waals surface area (Å²) in [7, 11) is 0. The Kier molecular flexibility index (Phi) is 1.90. The van der Waals surface area contributed by atoms with Crippen molar-refractivity contribution in [2.75, 3.05) is 0 Å². The lowest BCUT2D eigenvalue weighted by Crippen LogP contribution is -2.44. The Morgan fingerprint density at radius 1 is 1.33 bits per heavy atom. The molecule has 2 aliphatic rings. The Labute approximate surface area is 83.5 Å². The van der Waals surface area contributed by atoms with Crippen LogP contribution in [0.5, 0.6) is 0 Å². The molecule has 15 heavy (non-hydrogen) atoms. The first-order chi connectivity index (χ1) is 7.02. The molecule has 0 aromatic rings. The zero-order valence-electron chi connectivity index (χ0n) is 7.34. The molecule has 7 heteroatoms.